The zero-order valence-electron chi connectivity index (χ0n) is 6.66. The van der Waals surface area contributed by atoms with Crippen molar-refractivity contribution >= 4 is 33.6 Å². The minimum Gasteiger partial charge on any atom is -0.410 e. The number of hydrogen-bond acceptors (Lipinski definition) is 5. The minimum atomic E-state index is -0.167. The maximum absolute atomic E-state index is 8.57. The van der Waals surface area contributed by atoms with Gasteiger partial charge in [0.05, 0.1) is 0 Å². The van der Waals surface area contributed by atoms with Gasteiger partial charge in [0.2, 0.25) is 0 Å². The largest absolute Gasteiger partial charge is 0.410 e. The molecule has 0 saturated heterocycles. The minimum absolute atomic E-state index is 0.167. The molecule has 1 heterocycles. The van der Waals surface area contributed by atoms with Crippen LogP contribution in [-0.2, 0) is 0 Å². The van der Waals surface area contributed by atoms with E-state index in [-0.39, 0.29) is 4.87 Å². The maximum Gasteiger partial charge on any atom is 0.169 e. The molecule has 1 aliphatic rings. The monoisotopic (exact) mass is 190 g/mol. The first-order chi connectivity index (χ1) is 5.09. The van der Waals surface area contributed by atoms with Gasteiger partial charge in [-0.25, -0.2) is 0 Å². The zero-order chi connectivity index (χ0) is 8.48. The van der Waals surface area contributed by atoms with E-state index in [4.69, 9.17) is 5.21 Å². The summed E-state index contributed by atoms with van der Waals surface area (Å²) in [6, 6.07) is 0. The van der Waals surface area contributed by atoms with E-state index in [0.717, 1.165) is 5.04 Å². The molecule has 62 valence electrons. The Morgan fingerprint density at radius 1 is 1.64 bits per heavy atom. The van der Waals surface area contributed by atoms with Gasteiger partial charge in [0, 0.05) is 0 Å². The lowest BCUT2D eigenvalue weighted by atomic mass is 10.4. The van der Waals surface area contributed by atoms with E-state index >= 15 is 0 Å². The molecule has 1 rings (SSSR count). The molecule has 0 aromatic heterocycles. The van der Waals surface area contributed by atoms with Gasteiger partial charge in [0.25, 0.3) is 0 Å². The van der Waals surface area contributed by atoms with Crippen LogP contribution in [-0.4, -0.2) is 26.4 Å². The van der Waals surface area contributed by atoms with Gasteiger partial charge in [0.1, 0.15) is 9.91 Å². The fourth-order valence-corrected chi connectivity index (χ4v) is 2.54. The van der Waals surface area contributed by atoms with Crippen LogP contribution in [0.5, 0.6) is 0 Å². The van der Waals surface area contributed by atoms with Gasteiger partial charge in [-0.1, -0.05) is 16.9 Å². The van der Waals surface area contributed by atoms with E-state index in [2.05, 4.69) is 10.1 Å². The van der Waals surface area contributed by atoms with Crippen molar-refractivity contribution in [3.05, 3.63) is 0 Å². The third kappa shape index (κ3) is 1.90. The van der Waals surface area contributed by atoms with Crippen LogP contribution in [0.25, 0.3) is 0 Å². The Morgan fingerprint density at radius 2 is 2.27 bits per heavy atom. The summed E-state index contributed by atoms with van der Waals surface area (Å²) in [5.41, 5.74) is 0. The summed E-state index contributed by atoms with van der Waals surface area (Å²) in [5, 5.41) is 13.2. The van der Waals surface area contributed by atoms with E-state index in [1.54, 1.807) is 0 Å². The lowest BCUT2D eigenvalue weighted by Gasteiger charge is -2.08. The normalized spacial score (nSPS) is 25.7. The number of rotatable bonds is 0. The first-order valence-electron chi connectivity index (χ1n) is 3.14. The molecule has 0 atom stereocenters. The van der Waals surface area contributed by atoms with Crippen LogP contribution < -0.4 is 0 Å². The summed E-state index contributed by atoms with van der Waals surface area (Å²) in [5.74, 6) is 0. The molecule has 0 saturated carbocycles. The fourth-order valence-electron chi connectivity index (χ4n) is 0.792. The summed E-state index contributed by atoms with van der Waals surface area (Å²) in [7, 11) is 0. The highest BCUT2D eigenvalue weighted by atomic mass is 32.2. The maximum atomic E-state index is 8.57. The molecular formula is C6H10N2OS2. The van der Waals surface area contributed by atoms with Gasteiger partial charge in [0.15, 0.2) is 5.04 Å². The number of aliphatic imine (C=N–C) groups is 1. The molecule has 0 aromatic rings. The van der Waals surface area contributed by atoms with Crippen molar-refractivity contribution in [3.8, 4) is 0 Å². The second-order valence-corrected chi connectivity index (χ2v) is 4.96. The molecular weight excluding hydrogens is 180 g/mol. The van der Waals surface area contributed by atoms with Gasteiger partial charge in [-0.15, -0.1) is 11.8 Å². The highest BCUT2D eigenvalue weighted by Gasteiger charge is 2.31. The van der Waals surface area contributed by atoms with Crippen LogP contribution >= 0.6 is 23.5 Å². The molecule has 0 unspecified atom stereocenters. The van der Waals surface area contributed by atoms with Crippen molar-refractivity contribution in [2.45, 2.75) is 18.7 Å². The summed E-state index contributed by atoms with van der Waals surface area (Å²) in [4.78, 5) is 4.18. The Bertz CT molecular complexity index is 223. The average Bonchev–Trinajstić information content (AvgIpc) is 2.25. The highest BCUT2D eigenvalue weighted by molar-refractivity contribution is 8.26. The molecule has 0 fully saturated rings. The number of thioether (sulfide) groups is 2. The summed E-state index contributed by atoms with van der Waals surface area (Å²) in [6.45, 7) is 3.98. The smallest absolute Gasteiger partial charge is 0.169 e. The van der Waals surface area contributed by atoms with E-state index < -0.39 is 0 Å². The quantitative estimate of drug-likeness (QED) is 0.469. The third-order valence-corrected chi connectivity index (χ3v) is 3.04. The molecule has 0 spiro atoms. The van der Waals surface area contributed by atoms with E-state index in [1.165, 1.54) is 23.5 Å². The number of oxime groups is 1. The summed E-state index contributed by atoms with van der Waals surface area (Å²) >= 11 is 2.98. The molecule has 0 amide bonds. The third-order valence-electron chi connectivity index (χ3n) is 1.18. The first kappa shape index (κ1) is 8.93. The summed E-state index contributed by atoms with van der Waals surface area (Å²) in [6.07, 6.45) is 1.92. The van der Waals surface area contributed by atoms with Crippen molar-refractivity contribution in [2.24, 2.45) is 10.1 Å². The molecule has 11 heavy (non-hydrogen) atoms. The zero-order valence-corrected chi connectivity index (χ0v) is 8.29. The topological polar surface area (TPSA) is 45.0 Å². The standard InChI is InChI=1S/C6H10N2OS2/c1-6(2)7-4(10-3)5(8-9)11-6/h9H,1-3H3. The van der Waals surface area contributed by atoms with Gasteiger partial charge < -0.3 is 5.21 Å². The van der Waals surface area contributed by atoms with Crippen molar-refractivity contribution < 1.29 is 5.21 Å². The predicted molar refractivity (Wildman–Crippen MR) is 51.8 cm³/mol. The van der Waals surface area contributed by atoms with Crippen molar-refractivity contribution in [1.29, 1.82) is 0 Å². The Kier molecular flexibility index (Phi) is 2.49. The van der Waals surface area contributed by atoms with E-state index in [1.807, 2.05) is 20.1 Å². The average molecular weight is 190 g/mol. The van der Waals surface area contributed by atoms with Crippen molar-refractivity contribution in [3.63, 3.8) is 0 Å². The SMILES string of the molecule is CSC1=NC(C)(C)SC1=NO. The number of nitrogens with zero attached hydrogens (tertiary/aromatic N) is 2. The lowest BCUT2D eigenvalue weighted by Crippen LogP contribution is -2.05. The van der Waals surface area contributed by atoms with Crippen LogP contribution in [0.4, 0.5) is 0 Å². The highest BCUT2D eigenvalue weighted by Crippen LogP contribution is 2.36. The molecule has 3 nitrogen and oxygen atoms in total. The predicted octanol–water partition coefficient (Wildman–Crippen LogP) is 2.02. The van der Waals surface area contributed by atoms with E-state index in [0.29, 0.717) is 5.04 Å². The van der Waals surface area contributed by atoms with Gasteiger partial charge in [-0.3, -0.25) is 4.99 Å². The molecule has 0 aliphatic carbocycles. The van der Waals surface area contributed by atoms with Gasteiger partial charge in [-0.05, 0) is 20.1 Å². The Balaban J connectivity index is 2.89. The Labute approximate surface area is 74.3 Å². The van der Waals surface area contributed by atoms with E-state index in [9.17, 15) is 0 Å². The van der Waals surface area contributed by atoms with Crippen LogP contribution in [0.1, 0.15) is 13.8 Å². The molecule has 0 radical (unpaired) electrons. The second-order valence-electron chi connectivity index (χ2n) is 2.58. The molecule has 0 aromatic carbocycles. The molecule has 5 heteroatoms. The Morgan fingerprint density at radius 3 is 2.64 bits per heavy atom. The molecule has 1 N–H and O–H groups in total. The van der Waals surface area contributed by atoms with Gasteiger partial charge >= 0.3 is 0 Å². The molecule has 0 bridgehead atoms. The van der Waals surface area contributed by atoms with Crippen LogP contribution in [0, 0.1) is 0 Å². The lowest BCUT2D eigenvalue weighted by molar-refractivity contribution is 0.322. The number of hydrogen-bond donors (Lipinski definition) is 1. The first-order valence-corrected chi connectivity index (χ1v) is 5.18. The van der Waals surface area contributed by atoms with Gasteiger partial charge in [-0.2, -0.15) is 0 Å². The van der Waals surface area contributed by atoms with Crippen molar-refractivity contribution in [2.75, 3.05) is 6.26 Å². The van der Waals surface area contributed by atoms with Crippen LogP contribution in [0.3, 0.4) is 0 Å². The van der Waals surface area contributed by atoms with Crippen molar-refractivity contribution in [1.82, 2.24) is 0 Å². The Hall–Kier alpha value is -0.160. The van der Waals surface area contributed by atoms with Crippen LogP contribution in [0.2, 0.25) is 0 Å². The molecule has 1 aliphatic heterocycles. The van der Waals surface area contributed by atoms with Crippen LogP contribution in [0.15, 0.2) is 10.1 Å². The summed E-state index contributed by atoms with van der Waals surface area (Å²) < 4.78 is 0. The fraction of sp³-hybridized carbons (Fsp3) is 0.667. The second kappa shape index (κ2) is 3.06.